The summed E-state index contributed by atoms with van der Waals surface area (Å²) in [6.45, 7) is 11.3. The van der Waals surface area contributed by atoms with E-state index in [4.69, 9.17) is 16.6 Å². The molecule has 12 rings (SSSR count). The minimum absolute atomic E-state index is 0.0211. The van der Waals surface area contributed by atoms with Gasteiger partial charge in [0.15, 0.2) is 0 Å². The molecule has 0 bridgehead atoms. The van der Waals surface area contributed by atoms with Gasteiger partial charge >= 0.3 is 24.1 Å². The monoisotopic (exact) mass is 1270 g/mol. The zero-order valence-corrected chi connectivity index (χ0v) is 50.6. The number of benzene rings is 6. The first-order chi connectivity index (χ1) is 44.1. The zero-order valence-electron chi connectivity index (χ0n) is 50.6. The van der Waals surface area contributed by atoms with E-state index < -0.39 is 21.8 Å². The lowest BCUT2D eigenvalue weighted by Crippen LogP contribution is -2.39. The number of hydrogen-bond acceptors (Lipinski definition) is 13. The normalized spacial score (nSPS) is 19.8. The van der Waals surface area contributed by atoms with Crippen molar-refractivity contribution >= 4 is 70.0 Å². The van der Waals surface area contributed by atoms with Crippen LogP contribution in [0.2, 0.25) is 0 Å². The molecule has 6 aromatic rings. The molecule has 92 heavy (non-hydrogen) atoms. The van der Waals surface area contributed by atoms with Gasteiger partial charge in [0.1, 0.15) is 28.8 Å². The van der Waals surface area contributed by atoms with Gasteiger partial charge in [0.25, 0.3) is 11.4 Å². The zero-order chi connectivity index (χ0) is 65.9. The number of anilines is 4. The molecule has 6 unspecified atom stereocenters. The van der Waals surface area contributed by atoms with Crippen molar-refractivity contribution in [2.75, 3.05) is 107 Å². The summed E-state index contributed by atoms with van der Waals surface area (Å²) in [4.78, 5) is 102. The molecule has 24 nitrogen and oxygen atoms in total. The van der Waals surface area contributed by atoms with Gasteiger partial charge in [-0.25, -0.2) is 27.6 Å². The highest BCUT2D eigenvalue weighted by molar-refractivity contribution is 5.96. The number of carbonyl (C=O) groups is 6. The van der Waals surface area contributed by atoms with Crippen LogP contribution in [0.4, 0.5) is 61.7 Å². The van der Waals surface area contributed by atoms with Gasteiger partial charge in [0.2, 0.25) is 11.8 Å². The summed E-state index contributed by atoms with van der Waals surface area (Å²) in [6.07, 6.45) is 0.692. The Morgan fingerprint density at radius 1 is 0.467 bits per heavy atom. The fourth-order valence-electron chi connectivity index (χ4n) is 12.4. The van der Waals surface area contributed by atoms with Crippen molar-refractivity contribution in [2.45, 2.75) is 26.7 Å². The summed E-state index contributed by atoms with van der Waals surface area (Å²) in [5.41, 5.74) is 16.7. The maximum absolute atomic E-state index is 13.2. The van der Waals surface area contributed by atoms with Gasteiger partial charge in [-0.15, -0.1) is 0 Å². The third-order valence-electron chi connectivity index (χ3n) is 17.4. The number of carboxylic acid groups (broad SMARTS) is 1. The Labute approximate surface area is 528 Å². The first kappa shape index (κ1) is 66.3. The number of nitrogen functional groups attached to an aromatic ring is 1. The minimum atomic E-state index is -0.745. The van der Waals surface area contributed by atoms with Crippen LogP contribution in [0, 0.1) is 73.2 Å². The quantitative estimate of drug-likeness (QED) is 0.0361. The number of halogens is 3. The molecule has 0 spiro atoms. The molecule has 0 aromatic heterocycles. The van der Waals surface area contributed by atoms with Crippen molar-refractivity contribution in [3.63, 3.8) is 0 Å². The van der Waals surface area contributed by atoms with Crippen LogP contribution in [0.15, 0.2) is 127 Å². The number of rotatable bonds is 11. The van der Waals surface area contributed by atoms with E-state index in [1.165, 1.54) is 54.6 Å². The third kappa shape index (κ3) is 16.2. The number of aliphatic carboxylic acids is 1. The largest absolute Gasteiger partial charge is 0.481 e. The standard InChI is InChI=1S/C22H23FN4O4.C21H24FN5O2.C19H19FN4O3.C3H6O2/c1-2-21(28)25-10-16-12-26(13-17(16)11-25)22(29)24-19-9-15(5-8-20(19)27(30)31)14-3-6-18(23)7-4-14;22-17-4-1-13(2-5-17)14-3-6-18(24)19(7-14)25-21(29)27-11-15-9-26(20(28)8-23)10-16(15)12-27;20-16-4-1-12(2-5-16)13-3-6-18(24(26)27)17(7-13)22-19(25)23-10-14-8-21-9-15(14)11-23;1-2-3(4)5/h3-9,16-17H,2,10-13H2,1H3,(H,24,29);1-7,15-16H,8-12,23-24H2,(H,25,29);1-7,14-15,21H,8-11H2,(H,22,25);2H2,1H3,(H,4,5). The van der Waals surface area contributed by atoms with Crippen LogP contribution in [0.1, 0.15) is 26.7 Å². The average molecular weight is 1270 g/mol. The van der Waals surface area contributed by atoms with Crippen molar-refractivity contribution < 1.29 is 56.9 Å². The van der Waals surface area contributed by atoms with E-state index in [2.05, 4.69) is 21.3 Å². The molecule has 6 aromatic carbocycles. The molecule has 9 N–H and O–H groups in total. The van der Waals surface area contributed by atoms with E-state index in [0.717, 1.165) is 24.2 Å². The topological polar surface area (TPSA) is 325 Å². The first-order valence-electron chi connectivity index (χ1n) is 30.2. The SMILES string of the molecule is CCC(=O)N1CC2CN(C(=O)Nc3cc(-c4ccc(F)cc4)ccc3[N+](=O)[O-])CC2C1.CCC(=O)O.NCC(=O)N1CC2CN(C(=O)Nc3cc(-c4ccc(F)cc4)ccc3N)CC2C1.O=C(Nc1cc(-c2ccc(F)cc2)ccc1[N+](=O)[O-])N1CC2CNCC2C1. The van der Waals surface area contributed by atoms with E-state index in [-0.39, 0.29) is 101 Å². The minimum Gasteiger partial charge on any atom is -0.481 e. The van der Waals surface area contributed by atoms with Crippen LogP contribution in [0.5, 0.6) is 0 Å². The molecule has 27 heteroatoms. The molecule has 0 aliphatic carbocycles. The van der Waals surface area contributed by atoms with Gasteiger partial charge in [-0.2, -0.15) is 0 Å². The molecular formula is C65H72F3N13O11. The number of amides is 8. The molecule has 6 saturated heterocycles. The average Bonchev–Trinajstić information content (AvgIpc) is 1.21. The lowest BCUT2D eigenvalue weighted by Gasteiger charge is -2.22. The predicted octanol–water partition coefficient (Wildman–Crippen LogP) is 9.25. The number of likely N-dealkylation sites (tertiary alicyclic amines) is 5. The van der Waals surface area contributed by atoms with Crippen molar-refractivity contribution in [1.82, 2.24) is 29.8 Å². The maximum Gasteiger partial charge on any atom is 0.322 e. The Morgan fingerprint density at radius 2 is 0.761 bits per heavy atom. The van der Waals surface area contributed by atoms with Crippen LogP contribution in [0.25, 0.3) is 33.4 Å². The summed E-state index contributed by atoms with van der Waals surface area (Å²) < 4.78 is 39.5. The van der Waals surface area contributed by atoms with Gasteiger partial charge in [-0.1, -0.05) is 56.3 Å². The number of nitrogens with one attached hydrogen (secondary N) is 4. The Kier molecular flexibility index (Phi) is 21.4. The lowest BCUT2D eigenvalue weighted by atomic mass is 10.0. The number of fused-ring (bicyclic) bond motifs is 3. The highest BCUT2D eigenvalue weighted by Crippen LogP contribution is 2.37. The molecule has 6 aliphatic rings. The molecule has 6 fully saturated rings. The molecule has 6 aliphatic heterocycles. The maximum atomic E-state index is 13.2. The van der Waals surface area contributed by atoms with Gasteiger partial charge in [0.05, 0.1) is 27.8 Å². The van der Waals surface area contributed by atoms with E-state index in [0.29, 0.717) is 117 Å². The Balaban J connectivity index is 0.000000157. The third-order valence-corrected chi connectivity index (χ3v) is 17.4. The van der Waals surface area contributed by atoms with Gasteiger partial charge in [-0.3, -0.25) is 34.6 Å². The predicted molar refractivity (Wildman–Crippen MR) is 339 cm³/mol. The van der Waals surface area contributed by atoms with Crippen LogP contribution < -0.4 is 32.7 Å². The van der Waals surface area contributed by atoms with Crippen molar-refractivity contribution in [1.29, 1.82) is 0 Å². The molecule has 0 saturated carbocycles. The number of nitrogens with zero attached hydrogens (tertiary/aromatic N) is 7. The van der Waals surface area contributed by atoms with E-state index in [9.17, 15) is 62.2 Å². The van der Waals surface area contributed by atoms with Crippen molar-refractivity contribution in [2.24, 2.45) is 41.2 Å². The summed E-state index contributed by atoms with van der Waals surface area (Å²) in [7, 11) is 0. The summed E-state index contributed by atoms with van der Waals surface area (Å²) in [5, 5.41) is 42.1. The number of nitrogens with two attached hydrogens (primary N) is 2. The van der Waals surface area contributed by atoms with E-state index >= 15 is 0 Å². The highest BCUT2D eigenvalue weighted by atomic mass is 19.1. The van der Waals surface area contributed by atoms with Crippen LogP contribution in [-0.2, 0) is 14.4 Å². The van der Waals surface area contributed by atoms with E-state index in [1.54, 1.807) is 93.3 Å². The van der Waals surface area contributed by atoms with Crippen LogP contribution in [0.3, 0.4) is 0 Å². The highest BCUT2D eigenvalue weighted by Gasteiger charge is 2.45. The number of nitro benzene ring substituents is 2. The fraction of sp³-hybridized carbons (Fsp3) is 0.354. The van der Waals surface area contributed by atoms with Crippen molar-refractivity contribution in [3.05, 3.63) is 165 Å². The smallest absolute Gasteiger partial charge is 0.322 e. The van der Waals surface area contributed by atoms with Gasteiger partial charge in [0, 0.05) is 127 Å². The Hall–Kier alpha value is -10.2. The molecule has 484 valence electrons. The second kappa shape index (κ2) is 29.7. The van der Waals surface area contributed by atoms with E-state index in [1.807, 2.05) is 17.9 Å². The summed E-state index contributed by atoms with van der Waals surface area (Å²) in [6, 6.07) is 31.1. The summed E-state index contributed by atoms with van der Waals surface area (Å²) in [5.74, 6) is 0.184. The summed E-state index contributed by atoms with van der Waals surface area (Å²) >= 11 is 0. The molecule has 8 amide bonds. The molecule has 0 radical (unpaired) electrons. The lowest BCUT2D eigenvalue weighted by molar-refractivity contribution is -0.384. The number of nitro groups is 2. The molecule has 6 heterocycles. The van der Waals surface area contributed by atoms with Gasteiger partial charge in [-0.05, 0) is 118 Å². The Morgan fingerprint density at radius 3 is 1.09 bits per heavy atom. The number of hydrogen-bond donors (Lipinski definition) is 7. The van der Waals surface area contributed by atoms with Crippen molar-refractivity contribution in [3.8, 4) is 33.4 Å². The number of carboxylic acids is 1. The second-order valence-corrected chi connectivity index (χ2v) is 23.4. The fourth-order valence-corrected chi connectivity index (χ4v) is 12.4. The second-order valence-electron chi connectivity index (χ2n) is 23.4. The van der Waals surface area contributed by atoms with Crippen LogP contribution in [-0.4, -0.2) is 160 Å². The molecule has 6 atom stereocenters. The van der Waals surface area contributed by atoms with Gasteiger partial charge < -0.3 is 62.3 Å². The first-order valence-corrected chi connectivity index (χ1v) is 30.2. The number of urea groups is 3. The Bertz CT molecular complexity index is 3680. The molecular weight excluding hydrogens is 1200 g/mol. The number of carbonyl (C=O) groups excluding carboxylic acids is 5. The van der Waals surface area contributed by atoms with Crippen LogP contribution >= 0.6 is 0 Å².